The van der Waals surface area contributed by atoms with Crippen molar-refractivity contribution in [2.24, 2.45) is 11.7 Å². The van der Waals surface area contributed by atoms with Crippen LogP contribution >= 0.6 is 12.4 Å². The minimum Gasteiger partial charge on any atom is -0.347 e. The van der Waals surface area contributed by atoms with E-state index in [1.54, 1.807) is 24.3 Å². The van der Waals surface area contributed by atoms with Crippen molar-refractivity contribution in [3.8, 4) is 0 Å². The van der Waals surface area contributed by atoms with Gasteiger partial charge in [-0.05, 0) is 47.7 Å². The number of halogens is 3. The highest BCUT2D eigenvalue weighted by molar-refractivity contribution is 5.87. The van der Waals surface area contributed by atoms with Crippen molar-refractivity contribution in [3.05, 3.63) is 71.3 Å². The van der Waals surface area contributed by atoms with Crippen LogP contribution < -0.4 is 16.4 Å². The summed E-state index contributed by atoms with van der Waals surface area (Å²) in [6, 6.07) is 10.5. The van der Waals surface area contributed by atoms with Gasteiger partial charge in [-0.1, -0.05) is 38.1 Å². The minimum absolute atomic E-state index is 0. The maximum Gasteiger partial charge on any atom is 0.239 e. The van der Waals surface area contributed by atoms with E-state index in [1.807, 2.05) is 13.8 Å². The van der Waals surface area contributed by atoms with Crippen LogP contribution in [-0.2, 0) is 16.0 Å². The van der Waals surface area contributed by atoms with Crippen LogP contribution in [0.1, 0.15) is 31.0 Å². The lowest BCUT2D eigenvalue weighted by molar-refractivity contribution is -0.127. The van der Waals surface area contributed by atoms with Gasteiger partial charge in [-0.3, -0.25) is 9.59 Å². The van der Waals surface area contributed by atoms with Crippen LogP contribution in [0.3, 0.4) is 0 Å². The van der Waals surface area contributed by atoms with E-state index >= 15 is 0 Å². The SMILES string of the molecule is CC(C)[C@H](N)C(=O)NCC(=O)NC(Cc1cccc(F)c1)c1cccc(F)c1.Cl. The minimum atomic E-state index is -0.709. The third kappa shape index (κ3) is 7.79. The number of nitrogens with two attached hydrogens (primary N) is 1. The molecule has 5 nitrogen and oxygen atoms in total. The summed E-state index contributed by atoms with van der Waals surface area (Å²) in [7, 11) is 0. The summed E-state index contributed by atoms with van der Waals surface area (Å²) in [5.41, 5.74) is 6.95. The first kappa shape index (κ1) is 24.5. The lowest BCUT2D eigenvalue weighted by atomic mass is 9.98. The molecule has 0 spiro atoms. The number of nitrogens with one attached hydrogen (secondary N) is 2. The zero-order valence-corrected chi connectivity index (χ0v) is 17.1. The van der Waals surface area contributed by atoms with Crippen molar-refractivity contribution < 1.29 is 18.4 Å². The van der Waals surface area contributed by atoms with Gasteiger partial charge in [0.15, 0.2) is 0 Å². The second-order valence-electron chi connectivity index (χ2n) is 7.00. The molecule has 2 rings (SSSR count). The van der Waals surface area contributed by atoms with Crippen LogP contribution in [0, 0.1) is 17.6 Å². The Morgan fingerprint density at radius 2 is 1.66 bits per heavy atom. The zero-order valence-electron chi connectivity index (χ0n) is 16.3. The highest BCUT2D eigenvalue weighted by Crippen LogP contribution is 2.20. The Balaban J connectivity index is 0.00000420. The summed E-state index contributed by atoms with van der Waals surface area (Å²) in [5, 5.41) is 5.26. The topological polar surface area (TPSA) is 84.2 Å². The predicted molar refractivity (Wildman–Crippen MR) is 110 cm³/mol. The Kier molecular flexibility index (Phi) is 9.71. The van der Waals surface area contributed by atoms with Gasteiger partial charge in [0.1, 0.15) is 11.6 Å². The maximum absolute atomic E-state index is 13.6. The van der Waals surface area contributed by atoms with Crippen molar-refractivity contribution >= 4 is 24.2 Å². The molecule has 0 aromatic heterocycles. The standard InChI is InChI=1S/C21H25F2N3O2.ClH/c1-13(2)20(24)21(28)25-12-19(27)26-18(15-6-4-8-17(23)11-15)10-14-5-3-7-16(22)9-14;/h3-9,11,13,18,20H,10,12,24H2,1-2H3,(H,25,28)(H,26,27);1H/t18?,20-;/m0./s1. The third-order valence-electron chi connectivity index (χ3n) is 4.36. The Morgan fingerprint density at radius 3 is 2.24 bits per heavy atom. The Morgan fingerprint density at radius 1 is 1.03 bits per heavy atom. The number of amides is 2. The average Bonchev–Trinajstić information content (AvgIpc) is 2.65. The maximum atomic E-state index is 13.6. The van der Waals surface area contributed by atoms with E-state index in [9.17, 15) is 18.4 Å². The third-order valence-corrected chi connectivity index (χ3v) is 4.36. The van der Waals surface area contributed by atoms with Gasteiger partial charge in [0.25, 0.3) is 0 Å². The molecule has 0 saturated carbocycles. The van der Waals surface area contributed by atoms with E-state index in [0.29, 0.717) is 11.1 Å². The Bertz CT molecular complexity index is 833. The van der Waals surface area contributed by atoms with Gasteiger partial charge in [0.05, 0.1) is 18.6 Å². The normalized spacial score (nSPS) is 12.6. The fourth-order valence-electron chi connectivity index (χ4n) is 2.71. The van der Waals surface area contributed by atoms with E-state index in [1.165, 1.54) is 24.3 Å². The van der Waals surface area contributed by atoms with Crippen molar-refractivity contribution in [2.45, 2.75) is 32.4 Å². The average molecular weight is 426 g/mol. The summed E-state index contributed by atoms with van der Waals surface area (Å²) >= 11 is 0. The summed E-state index contributed by atoms with van der Waals surface area (Å²) < 4.78 is 27.1. The zero-order chi connectivity index (χ0) is 20.7. The number of carbonyl (C=O) groups excluding carboxylic acids is 2. The first-order valence-electron chi connectivity index (χ1n) is 9.09. The smallest absolute Gasteiger partial charge is 0.239 e. The fraction of sp³-hybridized carbons (Fsp3) is 0.333. The molecule has 0 radical (unpaired) electrons. The molecule has 158 valence electrons. The van der Waals surface area contributed by atoms with Crippen LogP contribution in [0.15, 0.2) is 48.5 Å². The van der Waals surface area contributed by atoms with Gasteiger partial charge in [0, 0.05) is 0 Å². The summed E-state index contributed by atoms with van der Waals surface area (Å²) in [5.74, 6) is -1.76. The van der Waals surface area contributed by atoms with Crippen LogP contribution in [-0.4, -0.2) is 24.4 Å². The molecule has 0 fully saturated rings. The fourth-order valence-corrected chi connectivity index (χ4v) is 2.71. The highest BCUT2D eigenvalue weighted by Gasteiger charge is 2.20. The molecule has 29 heavy (non-hydrogen) atoms. The van der Waals surface area contributed by atoms with E-state index in [2.05, 4.69) is 10.6 Å². The van der Waals surface area contributed by atoms with E-state index in [4.69, 9.17) is 5.73 Å². The first-order chi connectivity index (χ1) is 13.3. The predicted octanol–water partition coefficient (Wildman–Crippen LogP) is 2.89. The monoisotopic (exact) mass is 425 g/mol. The molecule has 0 saturated heterocycles. The lowest BCUT2D eigenvalue weighted by Gasteiger charge is -2.21. The van der Waals surface area contributed by atoms with Crippen molar-refractivity contribution in [3.63, 3.8) is 0 Å². The largest absolute Gasteiger partial charge is 0.347 e. The quantitative estimate of drug-likeness (QED) is 0.608. The lowest BCUT2D eigenvalue weighted by Crippen LogP contribution is -2.47. The molecule has 0 heterocycles. The molecule has 4 N–H and O–H groups in total. The molecule has 1 unspecified atom stereocenters. The first-order valence-corrected chi connectivity index (χ1v) is 9.09. The molecule has 0 aliphatic carbocycles. The molecule has 0 bridgehead atoms. The summed E-state index contributed by atoms with van der Waals surface area (Å²) in [4.78, 5) is 24.2. The Hall–Kier alpha value is -2.51. The number of rotatable bonds is 8. The highest BCUT2D eigenvalue weighted by atomic mass is 35.5. The number of hydrogen-bond acceptors (Lipinski definition) is 3. The van der Waals surface area contributed by atoms with Gasteiger partial charge in [-0.25, -0.2) is 8.78 Å². The van der Waals surface area contributed by atoms with Crippen LogP contribution in [0.2, 0.25) is 0 Å². The van der Waals surface area contributed by atoms with Crippen LogP contribution in [0.4, 0.5) is 8.78 Å². The molecule has 2 atom stereocenters. The summed E-state index contributed by atoms with van der Waals surface area (Å²) in [6.45, 7) is 3.36. The van der Waals surface area contributed by atoms with Gasteiger partial charge < -0.3 is 16.4 Å². The van der Waals surface area contributed by atoms with Gasteiger partial charge >= 0.3 is 0 Å². The number of benzene rings is 2. The van der Waals surface area contributed by atoms with E-state index in [-0.39, 0.29) is 31.3 Å². The van der Waals surface area contributed by atoms with Crippen molar-refractivity contribution in [2.75, 3.05) is 6.54 Å². The molecular formula is C21H26ClF2N3O2. The van der Waals surface area contributed by atoms with E-state index in [0.717, 1.165) is 0 Å². The van der Waals surface area contributed by atoms with Crippen molar-refractivity contribution in [1.82, 2.24) is 10.6 Å². The molecular weight excluding hydrogens is 400 g/mol. The van der Waals surface area contributed by atoms with Crippen LogP contribution in [0.5, 0.6) is 0 Å². The number of carbonyl (C=O) groups is 2. The Labute approximate surface area is 175 Å². The molecule has 8 heteroatoms. The molecule has 2 amide bonds. The van der Waals surface area contributed by atoms with E-state index < -0.39 is 35.5 Å². The van der Waals surface area contributed by atoms with Gasteiger partial charge in [-0.2, -0.15) is 0 Å². The van der Waals surface area contributed by atoms with Gasteiger partial charge in [-0.15, -0.1) is 12.4 Å². The second-order valence-corrected chi connectivity index (χ2v) is 7.00. The molecule has 0 aliphatic rings. The molecule has 2 aromatic rings. The number of hydrogen-bond donors (Lipinski definition) is 3. The second kappa shape index (κ2) is 11.5. The summed E-state index contributed by atoms with van der Waals surface area (Å²) in [6.07, 6.45) is 0.270. The molecule has 2 aromatic carbocycles. The van der Waals surface area contributed by atoms with Crippen molar-refractivity contribution in [1.29, 1.82) is 0 Å². The molecule has 0 aliphatic heterocycles. The van der Waals surface area contributed by atoms with Crippen LogP contribution in [0.25, 0.3) is 0 Å². The van der Waals surface area contributed by atoms with Gasteiger partial charge in [0.2, 0.25) is 11.8 Å².